The second-order valence-corrected chi connectivity index (χ2v) is 7.57. The molecule has 0 bridgehead atoms. The van der Waals surface area contributed by atoms with E-state index in [0.29, 0.717) is 0 Å². The fourth-order valence-corrected chi connectivity index (χ4v) is 4.38. The van der Waals surface area contributed by atoms with E-state index < -0.39 is 0 Å². The number of rotatable bonds is 3. The molecule has 3 heterocycles. The second kappa shape index (κ2) is 6.21. The molecular formula is C18H27N3O2. The van der Waals surface area contributed by atoms with E-state index in [1.165, 1.54) is 5.56 Å². The summed E-state index contributed by atoms with van der Waals surface area (Å²) in [7, 11) is 0. The van der Waals surface area contributed by atoms with Crippen molar-refractivity contribution < 1.29 is 9.90 Å². The van der Waals surface area contributed by atoms with E-state index in [0.717, 1.165) is 45.4 Å². The van der Waals surface area contributed by atoms with Crippen LogP contribution in [0.2, 0.25) is 0 Å². The van der Waals surface area contributed by atoms with Gasteiger partial charge in [-0.2, -0.15) is 0 Å². The van der Waals surface area contributed by atoms with E-state index in [2.05, 4.69) is 22.0 Å². The monoisotopic (exact) mass is 317 g/mol. The van der Waals surface area contributed by atoms with Crippen LogP contribution in [0.5, 0.6) is 0 Å². The summed E-state index contributed by atoms with van der Waals surface area (Å²) in [6.07, 6.45) is 6.79. The quantitative estimate of drug-likeness (QED) is 0.921. The number of hydrogen-bond donors (Lipinski definition) is 1. The lowest BCUT2D eigenvalue weighted by atomic mass is 9.74. The molecule has 2 aliphatic heterocycles. The summed E-state index contributed by atoms with van der Waals surface area (Å²) in [6.45, 7) is 7.55. The maximum absolute atomic E-state index is 12.0. The molecule has 0 unspecified atom stereocenters. The van der Waals surface area contributed by atoms with Crippen LogP contribution in [0.4, 0.5) is 0 Å². The summed E-state index contributed by atoms with van der Waals surface area (Å²) in [5.74, 6) is 0.0811. The van der Waals surface area contributed by atoms with Crippen molar-refractivity contribution >= 4 is 5.91 Å². The number of nitrogens with zero attached hydrogens (tertiary/aromatic N) is 3. The summed E-state index contributed by atoms with van der Waals surface area (Å²) in [5.41, 5.74) is 1.09. The molecule has 1 aromatic rings. The van der Waals surface area contributed by atoms with Gasteiger partial charge in [0, 0.05) is 32.4 Å². The molecule has 0 aliphatic carbocycles. The summed E-state index contributed by atoms with van der Waals surface area (Å²) in [4.78, 5) is 20.4. The van der Waals surface area contributed by atoms with Gasteiger partial charge < -0.3 is 10.0 Å². The molecule has 23 heavy (non-hydrogen) atoms. The van der Waals surface area contributed by atoms with E-state index >= 15 is 0 Å². The van der Waals surface area contributed by atoms with Crippen molar-refractivity contribution in [1.82, 2.24) is 14.8 Å². The fraction of sp³-hybridized carbons (Fsp3) is 0.667. The molecule has 1 spiro atoms. The third-order valence-corrected chi connectivity index (χ3v) is 5.69. The van der Waals surface area contributed by atoms with Gasteiger partial charge in [-0.25, -0.2) is 0 Å². The predicted octanol–water partition coefficient (Wildman–Crippen LogP) is 1.67. The number of likely N-dealkylation sites (tertiary alicyclic amines) is 2. The predicted molar refractivity (Wildman–Crippen MR) is 88.7 cm³/mol. The number of carbonyl (C=O) groups excluding carboxylic acids is 1. The average Bonchev–Trinajstić information content (AvgIpc) is 2.85. The Morgan fingerprint density at radius 1 is 1.30 bits per heavy atom. The van der Waals surface area contributed by atoms with Gasteiger partial charge in [0.1, 0.15) is 0 Å². The molecule has 1 atom stereocenters. The Hall–Kier alpha value is -1.46. The zero-order chi connectivity index (χ0) is 16.5. The topological polar surface area (TPSA) is 56.7 Å². The summed E-state index contributed by atoms with van der Waals surface area (Å²) >= 11 is 0. The van der Waals surface area contributed by atoms with Gasteiger partial charge in [-0.3, -0.25) is 14.7 Å². The maximum atomic E-state index is 12.0. The molecular weight excluding hydrogens is 290 g/mol. The lowest BCUT2D eigenvalue weighted by molar-refractivity contribution is -0.134. The third kappa shape index (κ3) is 3.26. The highest BCUT2D eigenvalue weighted by molar-refractivity contribution is 5.74. The van der Waals surface area contributed by atoms with Crippen molar-refractivity contribution in [3.8, 4) is 0 Å². The molecule has 0 saturated carbocycles. The van der Waals surface area contributed by atoms with Crippen LogP contribution < -0.4 is 0 Å². The lowest BCUT2D eigenvalue weighted by Crippen LogP contribution is -2.46. The van der Waals surface area contributed by atoms with Crippen molar-refractivity contribution in [2.45, 2.75) is 45.2 Å². The molecule has 2 aliphatic rings. The van der Waals surface area contributed by atoms with Gasteiger partial charge in [0.25, 0.3) is 0 Å². The molecule has 5 heteroatoms. The van der Waals surface area contributed by atoms with Crippen LogP contribution in [0.1, 0.15) is 38.7 Å². The highest BCUT2D eigenvalue weighted by Gasteiger charge is 2.52. The van der Waals surface area contributed by atoms with Crippen molar-refractivity contribution in [2.75, 3.05) is 26.2 Å². The van der Waals surface area contributed by atoms with Crippen molar-refractivity contribution in [3.05, 3.63) is 30.1 Å². The Labute approximate surface area is 138 Å². The minimum atomic E-state index is -0.390. The molecule has 0 aromatic carbocycles. The number of carbonyl (C=O) groups is 1. The van der Waals surface area contributed by atoms with Gasteiger partial charge in [-0.05, 0) is 62.4 Å². The SMILES string of the molecule is CC(=O)N1CC2(CCN(Cc3ccncc3)CC2)C[C@]1(C)CO. The van der Waals surface area contributed by atoms with E-state index in [4.69, 9.17) is 0 Å². The summed E-state index contributed by atoms with van der Waals surface area (Å²) < 4.78 is 0. The highest BCUT2D eigenvalue weighted by Crippen LogP contribution is 2.48. The average molecular weight is 317 g/mol. The van der Waals surface area contributed by atoms with Crippen LogP contribution in [0.3, 0.4) is 0 Å². The summed E-state index contributed by atoms with van der Waals surface area (Å²) in [5, 5.41) is 9.80. The molecule has 2 fully saturated rings. The minimum absolute atomic E-state index is 0.0507. The normalized spacial score (nSPS) is 27.5. The molecule has 1 amide bonds. The van der Waals surface area contributed by atoms with Crippen LogP contribution in [-0.4, -0.2) is 57.6 Å². The Balaban J connectivity index is 1.63. The van der Waals surface area contributed by atoms with Crippen LogP contribution in [-0.2, 0) is 11.3 Å². The van der Waals surface area contributed by atoms with Gasteiger partial charge in [-0.1, -0.05) is 0 Å². The number of aliphatic hydroxyl groups is 1. The summed E-state index contributed by atoms with van der Waals surface area (Å²) in [6, 6.07) is 4.14. The zero-order valence-electron chi connectivity index (χ0n) is 14.2. The number of hydrogen-bond acceptors (Lipinski definition) is 4. The molecule has 1 N–H and O–H groups in total. The van der Waals surface area contributed by atoms with Crippen molar-refractivity contribution in [1.29, 1.82) is 0 Å². The van der Waals surface area contributed by atoms with Gasteiger partial charge in [0.2, 0.25) is 5.91 Å². The lowest BCUT2D eigenvalue weighted by Gasteiger charge is -2.39. The number of amides is 1. The molecule has 2 saturated heterocycles. The first-order chi connectivity index (χ1) is 11.0. The van der Waals surface area contributed by atoms with Crippen molar-refractivity contribution in [2.24, 2.45) is 5.41 Å². The van der Waals surface area contributed by atoms with Gasteiger partial charge in [0.15, 0.2) is 0 Å². The molecule has 126 valence electrons. The van der Waals surface area contributed by atoms with Crippen LogP contribution in [0.15, 0.2) is 24.5 Å². The number of aliphatic hydroxyl groups excluding tert-OH is 1. The Morgan fingerprint density at radius 3 is 2.48 bits per heavy atom. The van der Waals surface area contributed by atoms with Crippen LogP contribution in [0, 0.1) is 5.41 Å². The third-order valence-electron chi connectivity index (χ3n) is 5.69. The maximum Gasteiger partial charge on any atom is 0.219 e. The van der Waals surface area contributed by atoms with Gasteiger partial charge in [-0.15, -0.1) is 0 Å². The van der Waals surface area contributed by atoms with E-state index in [1.807, 2.05) is 24.2 Å². The zero-order valence-corrected chi connectivity index (χ0v) is 14.2. The first kappa shape index (κ1) is 16.4. The van der Waals surface area contributed by atoms with E-state index in [9.17, 15) is 9.90 Å². The van der Waals surface area contributed by atoms with E-state index in [-0.39, 0.29) is 23.5 Å². The Bertz CT molecular complexity index is 555. The largest absolute Gasteiger partial charge is 0.394 e. The highest BCUT2D eigenvalue weighted by atomic mass is 16.3. The fourth-order valence-electron chi connectivity index (χ4n) is 4.38. The van der Waals surface area contributed by atoms with Crippen LogP contribution >= 0.6 is 0 Å². The van der Waals surface area contributed by atoms with E-state index in [1.54, 1.807) is 6.92 Å². The number of pyridine rings is 1. The first-order valence-electron chi connectivity index (χ1n) is 8.47. The second-order valence-electron chi connectivity index (χ2n) is 7.57. The number of aromatic nitrogens is 1. The van der Waals surface area contributed by atoms with Crippen molar-refractivity contribution in [3.63, 3.8) is 0 Å². The number of piperidine rings is 1. The smallest absolute Gasteiger partial charge is 0.219 e. The van der Waals surface area contributed by atoms with Crippen LogP contribution in [0.25, 0.3) is 0 Å². The van der Waals surface area contributed by atoms with Gasteiger partial charge >= 0.3 is 0 Å². The molecule has 0 radical (unpaired) electrons. The minimum Gasteiger partial charge on any atom is -0.394 e. The molecule has 3 rings (SSSR count). The standard InChI is InChI=1S/C18H27N3O2/c1-15(23)21-13-18(12-17(21,2)14-22)5-9-20(10-6-18)11-16-3-7-19-8-4-16/h3-4,7-8,22H,5-6,9-14H2,1-2H3/t17-/m1/s1. The Kier molecular flexibility index (Phi) is 4.43. The van der Waals surface area contributed by atoms with Gasteiger partial charge in [0.05, 0.1) is 12.1 Å². The molecule has 1 aromatic heterocycles. The Morgan fingerprint density at radius 2 is 1.96 bits per heavy atom. The first-order valence-corrected chi connectivity index (χ1v) is 8.47. The molecule has 5 nitrogen and oxygen atoms in total.